The van der Waals surface area contributed by atoms with Gasteiger partial charge >= 0.3 is 0 Å². The van der Waals surface area contributed by atoms with E-state index < -0.39 is 29.1 Å². The van der Waals surface area contributed by atoms with Crippen molar-refractivity contribution in [3.8, 4) is 0 Å². The Bertz CT molecular complexity index is 637. The topological polar surface area (TPSA) is 17.1 Å². The van der Waals surface area contributed by atoms with Gasteiger partial charge in [-0.3, -0.25) is 4.79 Å². The number of hydrogen-bond donors (Lipinski definition) is 0. The van der Waals surface area contributed by atoms with Crippen molar-refractivity contribution in [2.45, 2.75) is 6.42 Å². The number of benzene rings is 2. The van der Waals surface area contributed by atoms with Crippen LogP contribution < -0.4 is 0 Å². The highest BCUT2D eigenvalue weighted by molar-refractivity contribution is 5.97. The Morgan fingerprint density at radius 3 is 2.21 bits per heavy atom. The summed E-state index contributed by atoms with van der Waals surface area (Å²) in [4.78, 5) is 11.8. The Balaban J connectivity index is 2.23. The van der Waals surface area contributed by atoms with Crippen molar-refractivity contribution < 1.29 is 22.4 Å². The molecule has 0 saturated carbocycles. The molecule has 0 aliphatic carbocycles. The molecule has 2 rings (SSSR count). The minimum Gasteiger partial charge on any atom is -0.294 e. The highest BCUT2D eigenvalue weighted by Gasteiger charge is 2.13. The molecule has 0 spiro atoms. The van der Waals surface area contributed by atoms with Crippen LogP contribution in [0.25, 0.3) is 0 Å². The van der Waals surface area contributed by atoms with Crippen LogP contribution in [-0.4, -0.2) is 5.78 Å². The number of ketones is 1. The Labute approximate surface area is 106 Å². The van der Waals surface area contributed by atoms with Gasteiger partial charge < -0.3 is 0 Å². The van der Waals surface area contributed by atoms with Crippen molar-refractivity contribution in [2.24, 2.45) is 0 Å². The zero-order valence-electron chi connectivity index (χ0n) is 9.59. The van der Waals surface area contributed by atoms with Crippen LogP contribution in [0.1, 0.15) is 15.9 Å². The molecule has 0 atom stereocenters. The van der Waals surface area contributed by atoms with E-state index in [0.717, 1.165) is 30.3 Å². The summed E-state index contributed by atoms with van der Waals surface area (Å²) in [6, 6.07) is 5.51. The Morgan fingerprint density at radius 1 is 0.842 bits per heavy atom. The lowest BCUT2D eigenvalue weighted by Gasteiger charge is -2.04. The molecule has 0 unspecified atom stereocenters. The van der Waals surface area contributed by atoms with Gasteiger partial charge in [0.05, 0.1) is 0 Å². The van der Waals surface area contributed by atoms with Crippen molar-refractivity contribution in [1.29, 1.82) is 0 Å². The first-order chi connectivity index (χ1) is 8.97. The summed E-state index contributed by atoms with van der Waals surface area (Å²) in [6.45, 7) is 0. The molecule has 0 amide bonds. The summed E-state index contributed by atoms with van der Waals surface area (Å²) < 4.78 is 51.7. The number of carbonyl (C=O) groups excluding carboxylic acids is 1. The smallest absolute Gasteiger partial charge is 0.167 e. The lowest BCUT2D eigenvalue weighted by molar-refractivity contribution is 0.0991. The van der Waals surface area contributed by atoms with Crippen LogP contribution in [0.5, 0.6) is 0 Å². The average molecular weight is 268 g/mol. The number of halogens is 4. The van der Waals surface area contributed by atoms with Gasteiger partial charge in [0, 0.05) is 18.1 Å². The van der Waals surface area contributed by atoms with Gasteiger partial charge in [0.2, 0.25) is 0 Å². The second-order valence-corrected chi connectivity index (χ2v) is 3.96. The third-order valence-electron chi connectivity index (χ3n) is 2.61. The maximum absolute atomic E-state index is 13.3. The fourth-order valence-corrected chi connectivity index (χ4v) is 1.61. The van der Waals surface area contributed by atoms with Gasteiger partial charge in [-0.1, -0.05) is 6.07 Å². The number of carbonyl (C=O) groups is 1. The van der Waals surface area contributed by atoms with Crippen LogP contribution >= 0.6 is 0 Å². The summed E-state index contributed by atoms with van der Waals surface area (Å²) in [5.74, 6) is -4.39. The van der Waals surface area contributed by atoms with Gasteiger partial charge in [0.25, 0.3) is 0 Å². The fourth-order valence-electron chi connectivity index (χ4n) is 1.61. The standard InChI is InChI=1S/C14H8F4O/c15-10-3-1-8(12(17)7-10)6-14(19)9-2-4-11(16)13(18)5-9/h1-5,7H,6H2. The molecule has 0 radical (unpaired) electrons. The molecular weight excluding hydrogens is 260 g/mol. The molecule has 2 aromatic rings. The van der Waals surface area contributed by atoms with Crippen molar-refractivity contribution in [1.82, 2.24) is 0 Å². The quantitative estimate of drug-likeness (QED) is 0.613. The Morgan fingerprint density at radius 2 is 1.58 bits per heavy atom. The highest BCUT2D eigenvalue weighted by Crippen LogP contribution is 2.15. The molecule has 1 nitrogen and oxygen atoms in total. The van der Waals surface area contributed by atoms with Crippen molar-refractivity contribution >= 4 is 5.78 Å². The number of rotatable bonds is 3. The van der Waals surface area contributed by atoms with Crippen LogP contribution in [0.15, 0.2) is 36.4 Å². The molecular formula is C14H8F4O. The number of hydrogen-bond acceptors (Lipinski definition) is 1. The van der Waals surface area contributed by atoms with Crippen LogP contribution in [-0.2, 0) is 6.42 Å². The molecule has 0 fully saturated rings. The number of Topliss-reactive ketones (excluding diaryl/α,β-unsaturated/α-hetero) is 1. The summed E-state index contributed by atoms with van der Waals surface area (Å²) >= 11 is 0. The summed E-state index contributed by atoms with van der Waals surface area (Å²) in [7, 11) is 0. The van der Waals surface area contributed by atoms with Gasteiger partial charge in [-0.05, 0) is 29.8 Å². The first kappa shape index (κ1) is 13.3. The maximum Gasteiger partial charge on any atom is 0.167 e. The molecule has 0 aliphatic heterocycles. The Hall–Kier alpha value is -2.17. The summed E-state index contributed by atoms with van der Waals surface area (Å²) in [6.07, 6.45) is -0.350. The molecule has 0 bridgehead atoms. The third kappa shape index (κ3) is 2.99. The van der Waals surface area contributed by atoms with Crippen LogP contribution in [0.2, 0.25) is 0 Å². The zero-order valence-corrected chi connectivity index (χ0v) is 9.59. The third-order valence-corrected chi connectivity index (χ3v) is 2.61. The monoisotopic (exact) mass is 268 g/mol. The molecule has 0 aliphatic rings. The first-order valence-corrected chi connectivity index (χ1v) is 5.39. The van der Waals surface area contributed by atoms with E-state index in [4.69, 9.17) is 0 Å². The molecule has 2 aromatic carbocycles. The first-order valence-electron chi connectivity index (χ1n) is 5.39. The van der Waals surface area contributed by atoms with Crippen molar-refractivity contribution in [2.75, 3.05) is 0 Å². The molecule has 0 saturated heterocycles. The summed E-state index contributed by atoms with van der Waals surface area (Å²) in [5, 5.41) is 0. The van der Waals surface area contributed by atoms with Gasteiger partial charge in [0.1, 0.15) is 11.6 Å². The van der Waals surface area contributed by atoms with E-state index in [1.54, 1.807) is 0 Å². The normalized spacial score (nSPS) is 10.5. The molecule has 0 aromatic heterocycles. The average Bonchev–Trinajstić information content (AvgIpc) is 2.36. The minimum absolute atomic E-state index is 0.00358. The summed E-state index contributed by atoms with van der Waals surface area (Å²) in [5.41, 5.74) is -0.0706. The van der Waals surface area contributed by atoms with Gasteiger partial charge in [-0.15, -0.1) is 0 Å². The van der Waals surface area contributed by atoms with E-state index in [0.29, 0.717) is 6.07 Å². The Kier molecular flexibility index (Phi) is 3.64. The molecule has 98 valence electrons. The molecule has 0 N–H and O–H groups in total. The SMILES string of the molecule is O=C(Cc1ccc(F)cc1F)c1ccc(F)c(F)c1. The van der Waals surface area contributed by atoms with Gasteiger partial charge in [0.15, 0.2) is 17.4 Å². The second kappa shape index (κ2) is 5.22. The van der Waals surface area contributed by atoms with Crippen molar-refractivity contribution in [3.05, 3.63) is 70.8 Å². The van der Waals surface area contributed by atoms with Crippen molar-refractivity contribution in [3.63, 3.8) is 0 Å². The van der Waals surface area contributed by atoms with Gasteiger partial charge in [-0.2, -0.15) is 0 Å². The predicted molar refractivity (Wildman–Crippen MR) is 60.8 cm³/mol. The second-order valence-electron chi connectivity index (χ2n) is 3.96. The van der Waals surface area contributed by atoms with E-state index in [-0.39, 0.29) is 17.5 Å². The van der Waals surface area contributed by atoms with Gasteiger partial charge in [-0.25, -0.2) is 17.6 Å². The van der Waals surface area contributed by atoms with Crippen LogP contribution in [0.3, 0.4) is 0 Å². The van der Waals surface area contributed by atoms with Crippen LogP contribution in [0.4, 0.5) is 17.6 Å². The maximum atomic E-state index is 13.3. The lowest BCUT2D eigenvalue weighted by Crippen LogP contribution is -2.06. The predicted octanol–water partition coefficient (Wildman–Crippen LogP) is 3.67. The largest absolute Gasteiger partial charge is 0.294 e. The van der Waals surface area contributed by atoms with E-state index in [2.05, 4.69) is 0 Å². The molecule has 0 heterocycles. The molecule has 19 heavy (non-hydrogen) atoms. The highest BCUT2D eigenvalue weighted by atomic mass is 19.2. The van der Waals surface area contributed by atoms with E-state index in [9.17, 15) is 22.4 Å². The minimum atomic E-state index is -1.15. The zero-order chi connectivity index (χ0) is 14.0. The fraction of sp³-hybridized carbons (Fsp3) is 0.0714. The lowest BCUT2D eigenvalue weighted by atomic mass is 10.0. The van der Waals surface area contributed by atoms with E-state index in [1.807, 2.05) is 0 Å². The van der Waals surface area contributed by atoms with E-state index in [1.165, 1.54) is 0 Å². The van der Waals surface area contributed by atoms with E-state index >= 15 is 0 Å². The van der Waals surface area contributed by atoms with Crippen LogP contribution in [0, 0.1) is 23.3 Å². The molecule has 5 heteroatoms.